The third-order valence-corrected chi connectivity index (χ3v) is 3.86. The molecule has 0 spiro atoms. The molecule has 2 heterocycles. The number of amides is 1. The van der Waals surface area contributed by atoms with Gasteiger partial charge in [-0.25, -0.2) is 4.39 Å². The predicted molar refractivity (Wildman–Crippen MR) is 74.2 cm³/mol. The molecule has 4 nitrogen and oxygen atoms in total. The van der Waals surface area contributed by atoms with Crippen LogP contribution >= 0.6 is 0 Å². The second-order valence-corrected chi connectivity index (χ2v) is 5.31. The molecule has 110 valence electrons. The van der Waals surface area contributed by atoms with Crippen molar-refractivity contribution in [3.63, 3.8) is 0 Å². The summed E-state index contributed by atoms with van der Waals surface area (Å²) in [5.41, 5.74) is 1.17. The molecule has 1 fully saturated rings. The normalized spacial score (nSPS) is 21.8. The number of benzene rings is 1. The molecule has 2 aromatic rings. The van der Waals surface area contributed by atoms with Crippen LogP contribution in [0.3, 0.4) is 0 Å². The van der Waals surface area contributed by atoms with Gasteiger partial charge in [0.15, 0.2) is 0 Å². The van der Waals surface area contributed by atoms with Crippen molar-refractivity contribution in [2.24, 2.45) is 0 Å². The van der Waals surface area contributed by atoms with E-state index in [-0.39, 0.29) is 24.3 Å². The number of halogens is 1. The number of β-amino-alcohol motifs (C(OH)–C–C–N with tert-alkyl or cyclic N) is 1. The van der Waals surface area contributed by atoms with Crippen LogP contribution in [0.4, 0.5) is 4.39 Å². The van der Waals surface area contributed by atoms with Gasteiger partial charge in [0.1, 0.15) is 11.6 Å². The van der Waals surface area contributed by atoms with Gasteiger partial charge in [-0.2, -0.15) is 0 Å². The number of carbonyl (C=O) groups is 1. The molecule has 0 bridgehead atoms. The fourth-order valence-corrected chi connectivity index (χ4v) is 2.83. The van der Waals surface area contributed by atoms with Crippen molar-refractivity contribution in [2.75, 3.05) is 6.54 Å². The average molecular weight is 289 g/mol. The average Bonchev–Trinajstić information content (AvgIpc) is 3.04. The van der Waals surface area contributed by atoms with Crippen LogP contribution in [0.5, 0.6) is 0 Å². The number of nitrogens with zero attached hydrogens (tertiary/aromatic N) is 1. The lowest BCUT2D eigenvalue weighted by Gasteiger charge is -2.24. The molecule has 21 heavy (non-hydrogen) atoms. The standard InChI is InChI=1S/C16H16FNO3/c1-10-14(5-6-21-10)16(20)18-9-13(19)8-15(18)11-3-2-4-12(17)7-11/h2-7,13,15,19H,8-9H2,1H3/t13-,15+/m0/s1. The van der Waals surface area contributed by atoms with Crippen LogP contribution in [0.2, 0.25) is 0 Å². The zero-order valence-electron chi connectivity index (χ0n) is 11.6. The number of aliphatic hydroxyl groups excluding tert-OH is 1. The summed E-state index contributed by atoms with van der Waals surface area (Å²) in [5, 5.41) is 9.91. The van der Waals surface area contributed by atoms with E-state index in [1.54, 1.807) is 30.0 Å². The zero-order valence-corrected chi connectivity index (χ0v) is 11.6. The highest BCUT2D eigenvalue weighted by atomic mass is 19.1. The summed E-state index contributed by atoms with van der Waals surface area (Å²) in [6, 6.07) is 7.45. The SMILES string of the molecule is Cc1occc1C(=O)N1C[C@@H](O)C[C@@H]1c1cccc(F)c1. The van der Waals surface area contributed by atoms with Gasteiger partial charge in [-0.1, -0.05) is 12.1 Å². The van der Waals surface area contributed by atoms with E-state index in [1.807, 2.05) is 0 Å². The van der Waals surface area contributed by atoms with Crippen LogP contribution in [-0.2, 0) is 0 Å². The van der Waals surface area contributed by atoms with Gasteiger partial charge in [0.2, 0.25) is 0 Å². The molecule has 0 radical (unpaired) electrons. The van der Waals surface area contributed by atoms with E-state index in [2.05, 4.69) is 0 Å². The summed E-state index contributed by atoms with van der Waals surface area (Å²) in [7, 11) is 0. The van der Waals surface area contributed by atoms with Gasteiger partial charge in [0, 0.05) is 6.54 Å². The molecule has 0 saturated carbocycles. The quantitative estimate of drug-likeness (QED) is 0.924. The van der Waals surface area contributed by atoms with E-state index in [9.17, 15) is 14.3 Å². The number of aliphatic hydroxyl groups is 1. The molecule has 0 unspecified atom stereocenters. The van der Waals surface area contributed by atoms with Crippen LogP contribution in [0, 0.1) is 12.7 Å². The Labute approximate surface area is 121 Å². The Balaban J connectivity index is 1.93. The minimum absolute atomic E-state index is 0.202. The van der Waals surface area contributed by atoms with Crippen molar-refractivity contribution >= 4 is 5.91 Å². The molecule has 1 saturated heterocycles. The maximum absolute atomic E-state index is 13.4. The lowest BCUT2D eigenvalue weighted by atomic mass is 10.0. The maximum atomic E-state index is 13.4. The molecular formula is C16H16FNO3. The van der Waals surface area contributed by atoms with Crippen LogP contribution < -0.4 is 0 Å². The fraction of sp³-hybridized carbons (Fsp3) is 0.312. The summed E-state index contributed by atoms with van der Waals surface area (Å²) in [6.07, 6.45) is 1.27. The summed E-state index contributed by atoms with van der Waals surface area (Å²) in [4.78, 5) is 14.2. The highest BCUT2D eigenvalue weighted by molar-refractivity contribution is 5.95. The molecule has 0 aliphatic carbocycles. The molecule has 5 heteroatoms. The predicted octanol–water partition coefficient (Wildman–Crippen LogP) is 2.68. The van der Waals surface area contributed by atoms with Gasteiger partial charge in [0.25, 0.3) is 5.91 Å². The Morgan fingerprint density at radius 1 is 1.43 bits per heavy atom. The Morgan fingerprint density at radius 2 is 2.24 bits per heavy atom. The highest BCUT2D eigenvalue weighted by Crippen LogP contribution is 2.34. The van der Waals surface area contributed by atoms with Crippen molar-refractivity contribution in [1.29, 1.82) is 0 Å². The summed E-state index contributed by atoms with van der Waals surface area (Å²) in [6.45, 7) is 1.96. The number of rotatable bonds is 2. The first-order valence-corrected chi connectivity index (χ1v) is 6.85. The molecule has 1 aromatic carbocycles. The Kier molecular flexibility index (Phi) is 3.51. The molecule has 1 amide bonds. The topological polar surface area (TPSA) is 53.7 Å². The van der Waals surface area contributed by atoms with Crippen molar-refractivity contribution < 1.29 is 18.7 Å². The summed E-state index contributed by atoms with van der Waals surface area (Å²) in [5.74, 6) is -0.00720. The van der Waals surface area contributed by atoms with Gasteiger partial charge in [0.05, 0.1) is 24.0 Å². The first-order chi connectivity index (χ1) is 10.1. The second-order valence-electron chi connectivity index (χ2n) is 5.31. The van der Waals surface area contributed by atoms with Crippen LogP contribution in [0.1, 0.15) is 34.1 Å². The van der Waals surface area contributed by atoms with E-state index in [1.165, 1.54) is 18.4 Å². The van der Waals surface area contributed by atoms with Gasteiger partial charge < -0.3 is 14.4 Å². The van der Waals surface area contributed by atoms with E-state index in [0.29, 0.717) is 23.3 Å². The molecule has 1 aliphatic rings. The largest absolute Gasteiger partial charge is 0.469 e. The Bertz CT molecular complexity index is 667. The summed E-state index contributed by atoms with van der Waals surface area (Å²) >= 11 is 0. The van der Waals surface area contributed by atoms with Gasteiger partial charge in [-0.15, -0.1) is 0 Å². The zero-order chi connectivity index (χ0) is 15.0. The van der Waals surface area contributed by atoms with Crippen LogP contribution in [0.25, 0.3) is 0 Å². The minimum atomic E-state index is -0.602. The van der Waals surface area contributed by atoms with Crippen molar-refractivity contribution in [1.82, 2.24) is 4.90 Å². The third kappa shape index (κ3) is 2.56. The number of furan rings is 1. The first kappa shape index (κ1) is 13.8. The number of likely N-dealkylation sites (tertiary alicyclic amines) is 1. The molecule has 3 rings (SSSR count). The van der Waals surface area contributed by atoms with Crippen LogP contribution in [0.15, 0.2) is 41.0 Å². The number of aryl methyl sites for hydroxylation is 1. The molecular weight excluding hydrogens is 273 g/mol. The summed E-state index contributed by atoms with van der Waals surface area (Å²) < 4.78 is 18.6. The van der Waals surface area contributed by atoms with Gasteiger partial charge in [-0.05, 0) is 37.1 Å². The van der Waals surface area contributed by atoms with Gasteiger partial charge >= 0.3 is 0 Å². The van der Waals surface area contributed by atoms with Crippen molar-refractivity contribution in [2.45, 2.75) is 25.5 Å². The Hall–Kier alpha value is -2.14. The monoisotopic (exact) mass is 289 g/mol. The van der Waals surface area contributed by atoms with E-state index < -0.39 is 6.10 Å². The molecule has 1 aromatic heterocycles. The lowest BCUT2D eigenvalue weighted by Crippen LogP contribution is -2.32. The maximum Gasteiger partial charge on any atom is 0.257 e. The molecule has 1 aliphatic heterocycles. The van der Waals surface area contributed by atoms with Crippen molar-refractivity contribution in [3.05, 3.63) is 59.3 Å². The third-order valence-electron chi connectivity index (χ3n) is 3.86. The number of hydrogen-bond donors (Lipinski definition) is 1. The van der Waals surface area contributed by atoms with Gasteiger partial charge in [-0.3, -0.25) is 4.79 Å². The molecule has 2 atom stereocenters. The highest BCUT2D eigenvalue weighted by Gasteiger charge is 2.36. The van der Waals surface area contributed by atoms with E-state index in [0.717, 1.165) is 0 Å². The Morgan fingerprint density at radius 3 is 2.90 bits per heavy atom. The van der Waals surface area contributed by atoms with Crippen LogP contribution in [-0.4, -0.2) is 28.6 Å². The smallest absolute Gasteiger partial charge is 0.257 e. The van der Waals surface area contributed by atoms with Crippen molar-refractivity contribution in [3.8, 4) is 0 Å². The fourth-order valence-electron chi connectivity index (χ4n) is 2.83. The molecule has 1 N–H and O–H groups in total. The van der Waals surface area contributed by atoms with E-state index >= 15 is 0 Å². The first-order valence-electron chi connectivity index (χ1n) is 6.85. The van der Waals surface area contributed by atoms with E-state index in [4.69, 9.17) is 4.42 Å². The number of hydrogen-bond acceptors (Lipinski definition) is 3. The number of carbonyl (C=O) groups excluding carboxylic acids is 1. The second kappa shape index (κ2) is 5.33. The lowest BCUT2D eigenvalue weighted by molar-refractivity contribution is 0.0714. The minimum Gasteiger partial charge on any atom is -0.469 e.